The molecular formula is C26H26F3N3O4. The summed E-state index contributed by atoms with van der Waals surface area (Å²) in [4.78, 5) is 42.3. The van der Waals surface area contributed by atoms with Crippen LogP contribution in [-0.2, 0) is 4.79 Å². The fourth-order valence-electron chi connectivity index (χ4n) is 3.85. The van der Waals surface area contributed by atoms with Gasteiger partial charge in [0.1, 0.15) is 0 Å². The van der Waals surface area contributed by atoms with Gasteiger partial charge in [-0.3, -0.25) is 14.6 Å². The number of carboxylic acid groups (broad SMARTS) is 1. The molecule has 1 aromatic heterocycles. The molecule has 1 fully saturated rings. The maximum absolute atomic E-state index is 13.1. The highest BCUT2D eigenvalue weighted by Crippen LogP contribution is 2.22. The number of anilines is 1. The van der Waals surface area contributed by atoms with Crippen LogP contribution >= 0.6 is 0 Å². The molecule has 7 nitrogen and oxygen atoms in total. The summed E-state index contributed by atoms with van der Waals surface area (Å²) in [5.74, 6) is -2.64. The van der Waals surface area contributed by atoms with Crippen molar-refractivity contribution in [2.75, 3.05) is 31.1 Å². The number of Topliss-reactive ketones (excluding diaryl/α,β-unsaturated/α-hetero) is 1. The van der Waals surface area contributed by atoms with Crippen molar-refractivity contribution in [1.82, 2.24) is 9.88 Å². The van der Waals surface area contributed by atoms with Crippen molar-refractivity contribution in [3.8, 4) is 0 Å². The maximum Gasteiger partial charge on any atom is 0.490 e. The molecule has 4 rings (SSSR count). The number of carbonyl (C=O) groups excluding carboxylic acids is 2. The summed E-state index contributed by atoms with van der Waals surface area (Å²) in [5, 5.41) is 8.13. The maximum atomic E-state index is 13.1. The number of aryl methyl sites for hydroxylation is 2. The van der Waals surface area contributed by atoms with Crippen LogP contribution in [0.4, 0.5) is 18.9 Å². The van der Waals surface area contributed by atoms with E-state index in [0.29, 0.717) is 18.7 Å². The fourth-order valence-corrected chi connectivity index (χ4v) is 3.85. The van der Waals surface area contributed by atoms with Crippen molar-refractivity contribution in [3.05, 3.63) is 70.9 Å². The Bertz CT molecular complexity index is 1280. The first kappa shape index (κ1) is 26.7. The van der Waals surface area contributed by atoms with Crippen LogP contribution < -0.4 is 4.90 Å². The van der Waals surface area contributed by atoms with Crippen LogP contribution in [0, 0.1) is 13.8 Å². The second kappa shape index (κ2) is 10.8. The van der Waals surface area contributed by atoms with E-state index in [-0.39, 0.29) is 11.7 Å². The lowest BCUT2D eigenvalue weighted by atomic mass is 10.1. The van der Waals surface area contributed by atoms with E-state index in [1.807, 2.05) is 61.2 Å². The van der Waals surface area contributed by atoms with Crippen LogP contribution in [0.2, 0.25) is 0 Å². The van der Waals surface area contributed by atoms with E-state index in [0.717, 1.165) is 46.5 Å². The molecule has 0 radical (unpaired) electrons. The first-order chi connectivity index (χ1) is 16.9. The van der Waals surface area contributed by atoms with Crippen molar-refractivity contribution < 1.29 is 32.7 Å². The van der Waals surface area contributed by atoms with E-state index in [4.69, 9.17) is 9.90 Å². The molecule has 0 saturated carbocycles. The highest BCUT2D eigenvalue weighted by Gasteiger charge is 2.38. The fraction of sp³-hybridized carbons (Fsp3) is 0.308. The topological polar surface area (TPSA) is 90.8 Å². The van der Waals surface area contributed by atoms with Gasteiger partial charge < -0.3 is 14.9 Å². The Kier molecular flexibility index (Phi) is 7.96. The smallest absolute Gasteiger partial charge is 0.475 e. The molecule has 0 aliphatic carbocycles. The van der Waals surface area contributed by atoms with Crippen LogP contribution in [0.25, 0.3) is 10.9 Å². The molecule has 2 heterocycles. The second-order valence-corrected chi connectivity index (χ2v) is 8.50. The van der Waals surface area contributed by atoms with Crippen LogP contribution in [0.3, 0.4) is 0 Å². The average Bonchev–Trinajstić information content (AvgIpc) is 2.83. The van der Waals surface area contributed by atoms with E-state index in [2.05, 4.69) is 16.0 Å². The molecular weight excluding hydrogens is 475 g/mol. The minimum atomic E-state index is -5.08. The zero-order valence-corrected chi connectivity index (χ0v) is 20.1. The quantitative estimate of drug-likeness (QED) is 0.526. The highest BCUT2D eigenvalue weighted by molar-refractivity contribution is 5.99. The number of fused-ring (bicyclic) bond motifs is 1. The van der Waals surface area contributed by atoms with Crippen molar-refractivity contribution in [3.63, 3.8) is 0 Å². The van der Waals surface area contributed by atoms with Gasteiger partial charge in [0.05, 0.1) is 16.8 Å². The highest BCUT2D eigenvalue weighted by atomic mass is 19.4. The molecule has 10 heteroatoms. The van der Waals surface area contributed by atoms with Gasteiger partial charge in [-0.15, -0.1) is 0 Å². The third-order valence-electron chi connectivity index (χ3n) is 5.84. The number of aromatic nitrogens is 1. The average molecular weight is 502 g/mol. The Hall–Kier alpha value is -3.95. The van der Waals surface area contributed by atoms with Crippen molar-refractivity contribution in [2.45, 2.75) is 26.9 Å². The molecule has 0 bridgehead atoms. The van der Waals surface area contributed by atoms with Gasteiger partial charge >= 0.3 is 12.1 Å². The van der Waals surface area contributed by atoms with E-state index in [1.165, 1.54) is 0 Å². The van der Waals surface area contributed by atoms with Crippen LogP contribution in [-0.4, -0.2) is 65.0 Å². The zero-order chi connectivity index (χ0) is 26.6. The number of benzene rings is 2. The molecule has 0 unspecified atom stereocenters. The number of rotatable bonds is 3. The third kappa shape index (κ3) is 6.38. The number of ketones is 1. The Labute approximate surface area is 206 Å². The summed E-state index contributed by atoms with van der Waals surface area (Å²) in [6.45, 7) is 8.39. The number of amides is 1. The van der Waals surface area contributed by atoms with Gasteiger partial charge in [0.25, 0.3) is 5.91 Å². The summed E-state index contributed by atoms with van der Waals surface area (Å²) in [5.41, 5.74) is 5.34. The Morgan fingerprint density at radius 1 is 0.917 bits per heavy atom. The molecule has 36 heavy (non-hydrogen) atoms. The molecule has 190 valence electrons. The normalized spacial score (nSPS) is 13.7. The molecule has 1 amide bonds. The molecule has 1 N–H and O–H groups in total. The van der Waals surface area contributed by atoms with Crippen molar-refractivity contribution in [2.24, 2.45) is 0 Å². The van der Waals surface area contributed by atoms with Gasteiger partial charge in [-0.25, -0.2) is 4.79 Å². The standard InChI is InChI=1S/C24H25N3O2.C2HF3O2/c1-16-4-9-23-20(14-16)15-22(17(2)25-23)24(29)27-12-10-26(11-13-27)21-7-5-19(6-8-21)18(3)28;3-2(4,5)1(6)7/h4-9,14-15H,10-13H2,1-3H3;(H,6,7). The van der Waals surface area contributed by atoms with E-state index < -0.39 is 12.1 Å². The van der Waals surface area contributed by atoms with Gasteiger partial charge in [-0.2, -0.15) is 13.2 Å². The lowest BCUT2D eigenvalue weighted by Crippen LogP contribution is -2.49. The van der Waals surface area contributed by atoms with Crippen LogP contribution in [0.5, 0.6) is 0 Å². The number of halogens is 3. The molecule has 1 aliphatic rings. The monoisotopic (exact) mass is 501 g/mol. The van der Waals surface area contributed by atoms with E-state index in [9.17, 15) is 22.8 Å². The zero-order valence-electron chi connectivity index (χ0n) is 20.1. The summed E-state index contributed by atoms with van der Waals surface area (Å²) >= 11 is 0. The summed E-state index contributed by atoms with van der Waals surface area (Å²) in [6, 6.07) is 15.8. The van der Waals surface area contributed by atoms with E-state index in [1.54, 1.807) is 6.92 Å². The number of hydrogen-bond donors (Lipinski definition) is 1. The Morgan fingerprint density at radius 2 is 1.50 bits per heavy atom. The third-order valence-corrected chi connectivity index (χ3v) is 5.84. The number of hydrogen-bond acceptors (Lipinski definition) is 5. The number of carbonyl (C=O) groups is 3. The Morgan fingerprint density at radius 3 is 2.03 bits per heavy atom. The van der Waals surface area contributed by atoms with Crippen LogP contribution in [0.1, 0.15) is 38.9 Å². The lowest BCUT2D eigenvalue weighted by Gasteiger charge is -2.36. The first-order valence-corrected chi connectivity index (χ1v) is 11.2. The minimum absolute atomic E-state index is 0.0463. The van der Waals surface area contributed by atoms with Gasteiger partial charge in [-0.05, 0) is 63.2 Å². The number of aliphatic carboxylic acids is 1. The SMILES string of the molecule is CC(=O)c1ccc(N2CCN(C(=O)c3cc4cc(C)ccc4nc3C)CC2)cc1.O=C(O)C(F)(F)F. The van der Waals surface area contributed by atoms with Crippen molar-refractivity contribution >= 4 is 34.3 Å². The van der Waals surface area contributed by atoms with Crippen molar-refractivity contribution in [1.29, 1.82) is 0 Å². The van der Waals surface area contributed by atoms with Gasteiger partial charge in [0.2, 0.25) is 0 Å². The van der Waals surface area contributed by atoms with Crippen LogP contribution in [0.15, 0.2) is 48.5 Å². The van der Waals surface area contributed by atoms with Gasteiger partial charge in [0.15, 0.2) is 5.78 Å². The number of nitrogens with zero attached hydrogens (tertiary/aromatic N) is 3. The molecule has 1 saturated heterocycles. The predicted octanol–water partition coefficient (Wildman–Crippen LogP) is 4.65. The summed E-state index contributed by atoms with van der Waals surface area (Å²) < 4.78 is 31.7. The predicted molar refractivity (Wildman–Crippen MR) is 129 cm³/mol. The summed E-state index contributed by atoms with van der Waals surface area (Å²) in [6.07, 6.45) is -5.08. The van der Waals surface area contributed by atoms with Gasteiger partial charge in [-0.1, -0.05) is 11.6 Å². The number of piperazine rings is 1. The number of carboxylic acids is 1. The molecule has 1 aliphatic heterocycles. The van der Waals surface area contributed by atoms with E-state index >= 15 is 0 Å². The minimum Gasteiger partial charge on any atom is -0.475 e. The Balaban J connectivity index is 0.000000454. The second-order valence-electron chi connectivity index (χ2n) is 8.50. The molecule has 0 spiro atoms. The number of pyridine rings is 1. The first-order valence-electron chi connectivity index (χ1n) is 11.2. The molecule has 3 aromatic rings. The lowest BCUT2D eigenvalue weighted by molar-refractivity contribution is -0.192. The molecule has 0 atom stereocenters. The molecule has 2 aromatic carbocycles. The number of alkyl halides is 3. The summed E-state index contributed by atoms with van der Waals surface area (Å²) in [7, 11) is 0. The van der Waals surface area contributed by atoms with Gasteiger partial charge in [0, 0.05) is 42.8 Å². The largest absolute Gasteiger partial charge is 0.490 e.